The number of rotatable bonds is 5. The van der Waals surface area contributed by atoms with Crippen molar-refractivity contribution in [2.75, 3.05) is 20.2 Å². The maximum atomic E-state index is 5.80. The summed E-state index contributed by atoms with van der Waals surface area (Å²) in [5.74, 6) is 0.740. The van der Waals surface area contributed by atoms with Crippen LogP contribution in [-0.4, -0.2) is 36.2 Å². The van der Waals surface area contributed by atoms with Gasteiger partial charge in [0, 0.05) is 12.6 Å². The normalized spacial score (nSPS) is 17.8. The van der Waals surface area contributed by atoms with Crippen LogP contribution in [0.4, 0.5) is 0 Å². The molecular weight excluding hydrogens is 318 g/mol. The van der Waals surface area contributed by atoms with Crippen molar-refractivity contribution < 1.29 is 4.74 Å². The summed E-state index contributed by atoms with van der Waals surface area (Å²) in [7, 11) is 1.85. The highest BCUT2D eigenvalue weighted by molar-refractivity contribution is 4.97. The number of nitrogens with zero attached hydrogens (tertiary/aromatic N) is 1. The first-order chi connectivity index (χ1) is 11.7. The molecule has 0 saturated carbocycles. The highest BCUT2D eigenvalue weighted by Crippen LogP contribution is 2.46. The minimum atomic E-state index is -0.0687. The largest absolute Gasteiger partial charge is 0.378 e. The van der Waals surface area contributed by atoms with Crippen molar-refractivity contribution in [1.29, 1.82) is 0 Å². The Balaban J connectivity index is 0. The van der Waals surface area contributed by atoms with E-state index >= 15 is 0 Å². The molecule has 0 spiro atoms. The zero-order valence-electron chi connectivity index (χ0n) is 21.0. The van der Waals surface area contributed by atoms with Crippen LogP contribution >= 0.6 is 0 Å². The molecule has 1 rings (SSSR count). The minimum absolute atomic E-state index is 0.0687. The predicted molar refractivity (Wildman–Crippen MR) is 120 cm³/mol. The van der Waals surface area contributed by atoms with Crippen LogP contribution in [0, 0.1) is 16.7 Å². The fourth-order valence-electron chi connectivity index (χ4n) is 4.37. The van der Waals surface area contributed by atoms with Crippen LogP contribution in [0.25, 0.3) is 0 Å². The zero-order chi connectivity index (χ0) is 21.4. The summed E-state index contributed by atoms with van der Waals surface area (Å²) in [5, 5.41) is 0. The van der Waals surface area contributed by atoms with Gasteiger partial charge in [0.05, 0.1) is 5.60 Å². The predicted octanol–water partition coefficient (Wildman–Crippen LogP) is 7.42. The van der Waals surface area contributed by atoms with E-state index in [1.165, 1.54) is 32.4 Å². The first-order valence-electron chi connectivity index (χ1n) is 11.0. The van der Waals surface area contributed by atoms with Crippen molar-refractivity contribution in [1.82, 2.24) is 4.90 Å². The van der Waals surface area contributed by atoms with Gasteiger partial charge < -0.3 is 4.74 Å². The Bertz CT molecular complexity index is 355. The van der Waals surface area contributed by atoms with E-state index in [4.69, 9.17) is 4.74 Å². The van der Waals surface area contributed by atoms with Gasteiger partial charge >= 0.3 is 0 Å². The Morgan fingerprint density at radius 2 is 1.15 bits per heavy atom. The van der Waals surface area contributed by atoms with Gasteiger partial charge in [-0.2, -0.15) is 0 Å². The van der Waals surface area contributed by atoms with E-state index in [-0.39, 0.29) is 11.0 Å². The van der Waals surface area contributed by atoms with E-state index in [9.17, 15) is 0 Å². The van der Waals surface area contributed by atoms with Crippen LogP contribution in [-0.2, 0) is 4.74 Å². The van der Waals surface area contributed by atoms with Crippen molar-refractivity contribution in [3.8, 4) is 0 Å². The van der Waals surface area contributed by atoms with Gasteiger partial charge in [0.2, 0.25) is 0 Å². The average Bonchev–Trinajstić information content (AvgIpc) is 2.56. The molecule has 26 heavy (non-hydrogen) atoms. The maximum absolute atomic E-state index is 5.80. The van der Waals surface area contributed by atoms with Gasteiger partial charge in [-0.25, -0.2) is 0 Å². The zero-order valence-corrected chi connectivity index (χ0v) is 21.0. The number of piperidine rings is 1. The average molecular weight is 372 g/mol. The molecule has 2 heteroatoms. The van der Waals surface area contributed by atoms with Crippen LogP contribution in [0.3, 0.4) is 0 Å². The van der Waals surface area contributed by atoms with Crippen molar-refractivity contribution >= 4 is 0 Å². The molecule has 1 aliphatic rings. The molecule has 0 amide bonds. The lowest BCUT2D eigenvalue weighted by Crippen LogP contribution is -2.54. The molecular formula is C24H53NO. The van der Waals surface area contributed by atoms with Crippen LogP contribution in [0.2, 0.25) is 0 Å². The molecule has 0 radical (unpaired) electrons. The molecule has 0 N–H and O–H groups in total. The van der Waals surface area contributed by atoms with Crippen LogP contribution < -0.4 is 0 Å². The van der Waals surface area contributed by atoms with Gasteiger partial charge in [-0.15, -0.1) is 0 Å². The number of methoxy groups -OCH3 is 1. The number of likely N-dealkylation sites (tertiary alicyclic amines) is 1. The van der Waals surface area contributed by atoms with Crippen molar-refractivity contribution in [2.24, 2.45) is 16.7 Å². The lowest BCUT2D eigenvalue weighted by atomic mass is 9.64. The molecule has 1 aliphatic heterocycles. The Kier molecular flexibility index (Phi) is 12.0. The van der Waals surface area contributed by atoms with Gasteiger partial charge in [-0.05, 0) is 76.8 Å². The summed E-state index contributed by atoms with van der Waals surface area (Å²) in [6.07, 6.45) is 3.82. The second-order valence-electron chi connectivity index (χ2n) is 10.2. The quantitative estimate of drug-likeness (QED) is 0.498. The van der Waals surface area contributed by atoms with Gasteiger partial charge in [0.1, 0.15) is 0 Å². The monoisotopic (exact) mass is 371 g/mol. The molecule has 0 unspecified atom stereocenters. The standard InChI is InChI=1S/C20H41NO.2C2H6/c1-17(2,3)15-18(4,5)21-13-11-16(12-14-21)19(6,7)20(8,9)22-10;2*1-2/h16H,11-15H2,1-10H3;2*1-2H3. The molecule has 1 fully saturated rings. The summed E-state index contributed by atoms with van der Waals surface area (Å²) in [6.45, 7) is 31.6. The Morgan fingerprint density at radius 1 is 0.769 bits per heavy atom. The Hall–Kier alpha value is -0.0800. The minimum Gasteiger partial charge on any atom is -0.378 e. The molecule has 0 bridgehead atoms. The molecule has 160 valence electrons. The van der Waals surface area contributed by atoms with E-state index in [1.54, 1.807) is 0 Å². The molecule has 0 aromatic rings. The van der Waals surface area contributed by atoms with Crippen LogP contribution in [0.15, 0.2) is 0 Å². The number of hydrogen-bond donors (Lipinski definition) is 0. The van der Waals surface area contributed by atoms with Gasteiger partial charge in [-0.1, -0.05) is 62.3 Å². The van der Waals surface area contributed by atoms with E-state index in [2.05, 4.69) is 67.2 Å². The van der Waals surface area contributed by atoms with Crippen LogP contribution in [0.5, 0.6) is 0 Å². The maximum Gasteiger partial charge on any atom is 0.0676 e. The summed E-state index contributed by atoms with van der Waals surface area (Å²) in [6, 6.07) is 0. The molecule has 2 nitrogen and oxygen atoms in total. The summed E-state index contributed by atoms with van der Waals surface area (Å²) < 4.78 is 5.80. The highest BCUT2D eigenvalue weighted by Gasteiger charge is 2.45. The van der Waals surface area contributed by atoms with Crippen molar-refractivity contribution in [3.63, 3.8) is 0 Å². The second-order valence-corrected chi connectivity index (χ2v) is 10.2. The summed E-state index contributed by atoms with van der Waals surface area (Å²) >= 11 is 0. The first kappa shape index (κ1) is 28.1. The van der Waals surface area contributed by atoms with Gasteiger partial charge in [-0.3, -0.25) is 4.90 Å². The Labute approximate surface area is 167 Å². The molecule has 0 aromatic carbocycles. The SMILES string of the molecule is CC.CC.COC(C)(C)C(C)(C)C1CCN(C(C)(C)CC(C)(C)C)CC1. The fourth-order valence-corrected chi connectivity index (χ4v) is 4.37. The van der Waals surface area contributed by atoms with E-state index in [0.29, 0.717) is 11.0 Å². The second kappa shape index (κ2) is 11.1. The van der Waals surface area contributed by atoms with Crippen molar-refractivity contribution in [3.05, 3.63) is 0 Å². The molecule has 1 heterocycles. The van der Waals surface area contributed by atoms with E-state index in [0.717, 1.165) is 5.92 Å². The van der Waals surface area contributed by atoms with E-state index < -0.39 is 0 Å². The fraction of sp³-hybridized carbons (Fsp3) is 1.00. The number of ether oxygens (including phenoxy) is 1. The highest BCUT2D eigenvalue weighted by atomic mass is 16.5. The smallest absolute Gasteiger partial charge is 0.0676 e. The first-order valence-corrected chi connectivity index (χ1v) is 11.0. The molecule has 1 saturated heterocycles. The van der Waals surface area contributed by atoms with Crippen molar-refractivity contribution in [2.45, 2.75) is 120 Å². The summed E-state index contributed by atoms with van der Waals surface area (Å²) in [5.41, 5.74) is 0.824. The third-order valence-electron chi connectivity index (χ3n) is 6.40. The van der Waals surface area contributed by atoms with Gasteiger partial charge in [0.25, 0.3) is 0 Å². The molecule has 0 aliphatic carbocycles. The van der Waals surface area contributed by atoms with Crippen LogP contribution in [0.1, 0.15) is 109 Å². The topological polar surface area (TPSA) is 12.5 Å². The third kappa shape index (κ3) is 7.89. The lowest BCUT2D eigenvalue weighted by molar-refractivity contribution is -0.113. The molecule has 0 aromatic heterocycles. The summed E-state index contributed by atoms with van der Waals surface area (Å²) in [4.78, 5) is 2.71. The number of hydrogen-bond acceptors (Lipinski definition) is 2. The third-order valence-corrected chi connectivity index (χ3v) is 6.40. The Morgan fingerprint density at radius 3 is 1.46 bits per heavy atom. The van der Waals surface area contributed by atoms with E-state index in [1.807, 2.05) is 34.8 Å². The van der Waals surface area contributed by atoms with Gasteiger partial charge in [0.15, 0.2) is 0 Å². The molecule has 0 atom stereocenters. The lowest BCUT2D eigenvalue weighted by Gasteiger charge is -2.52.